The van der Waals surface area contributed by atoms with Crippen molar-refractivity contribution in [1.82, 2.24) is 4.90 Å². The molecule has 2 rings (SSSR count). The molecule has 0 spiro atoms. The first-order chi connectivity index (χ1) is 7.94. The van der Waals surface area contributed by atoms with Crippen molar-refractivity contribution in [2.24, 2.45) is 5.41 Å². The van der Waals surface area contributed by atoms with Crippen LogP contribution in [-0.2, 0) is 6.54 Å². The van der Waals surface area contributed by atoms with Crippen molar-refractivity contribution >= 4 is 11.6 Å². The fourth-order valence-corrected chi connectivity index (χ4v) is 2.77. The number of aliphatic hydroxyl groups excluding tert-OH is 1. The molecule has 1 aliphatic heterocycles. The van der Waals surface area contributed by atoms with Crippen LogP contribution >= 0.6 is 11.6 Å². The Bertz CT molecular complexity index is 375. The number of hydrogen-bond donors (Lipinski definition) is 1. The molecule has 1 aromatic rings. The average Bonchev–Trinajstić information content (AvgIpc) is 2.53. The molecule has 1 aliphatic rings. The van der Waals surface area contributed by atoms with Gasteiger partial charge in [-0.25, -0.2) is 0 Å². The van der Waals surface area contributed by atoms with E-state index in [2.05, 4.69) is 18.7 Å². The quantitative estimate of drug-likeness (QED) is 0.885. The van der Waals surface area contributed by atoms with E-state index in [-0.39, 0.29) is 11.5 Å². The molecular formula is C13H20ClNO2. The van der Waals surface area contributed by atoms with Crippen LogP contribution in [0, 0.1) is 5.41 Å². The summed E-state index contributed by atoms with van der Waals surface area (Å²) in [5.74, 6) is 0.891. The zero-order valence-electron chi connectivity index (χ0n) is 10.4. The number of hydrogen-bond acceptors (Lipinski definition) is 3. The maximum Gasteiger partial charge on any atom is 0.193 e. The molecule has 1 fully saturated rings. The third-order valence-corrected chi connectivity index (χ3v) is 3.43. The molecule has 3 nitrogen and oxygen atoms in total. The summed E-state index contributed by atoms with van der Waals surface area (Å²) in [4.78, 5) is 2.32. The summed E-state index contributed by atoms with van der Waals surface area (Å²) in [6.45, 7) is 7.04. The summed E-state index contributed by atoms with van der Waals surface area (Å²) in [6, 6.07) is 3.69. The van der Waals surface area contributed by atoms with Gasteiger partial charge in [0.2, 0.25) is 0 Å². The lowest BCUT2D eigenvalue weighted by Crippen LogP contribution is -2.32. The number of halogens is 1. The summed E-state index contributed by atoms with van der Waals surface area (Å²) in [5.41, 5.74) is 0.145. The highest BCUT2D eigenvalue weighted by molar-refractivity contribution is 6.28. The van der Waals surface area contributed by atoms with E-state index in [9.17, 15) is 5.11 Å². The first-order valence-electron chi connectivity index (χ1n) is 6.09. The maximum atomic E-state index is 9.84. The number of likely N-dealkylation sites (tertiary alicyclic amines) is 1. The zero-order chi connectivity index (χ0) is 12.5. The van der Waals surface area contributed by atoms with Gasteiger partial charge >= 0.3 is 0 Å². The molecule has 1 atom stereocenters. The van der Waals surface area contributed by atoms with E-state index in [1.165, 1.54) is 0 Å². The molecule has 0 saturated carbocycles. The molecular weight excluding hydrogens is 238 g/mol. The van der Waals surface area contributed by atoms with Crippen molar-refractivity contribution in [3.05, 3.63) is 23.1 Å². The van der Waals surface area contributed by atoms with Crippen LogP contribution in [0.1, 0.15) is 32.4 Å². The minimum Gasteiger partial charge on any atom is -0.448 e. The molecule has 96 valence electrons. The lowest BCUT2D eigenvalue weighted by Gasteiger charge is -2.29. The lowest BCUT2D eigenvalue weighted by atomic mass is 9.87. The van der Waals surface area contributed by atoms with Gasteiger partial charge in [0.1, 0.15) is 5.76 Å². The predicted octanol–water partition coefficient (Wildman–Crippen LogP) is 2.92. The first-order valence-corrected chi connectivity index (χ1v) is 6.47. The van der Waals surface area contributed by atoms with Crippen molar-refractivity contribution in [1.29, 1.82) is 0 Å². The van der Waals surface area contributed by atoms with Gasteiger partial charge in [-0.3, -0.25) is 4.90 Å². The molecule has 0 aromatic carbocycles. The highest BCUT2D eigenvalue weighted by atomic mass is 35.5. The van der Waals surface area contributed by atoms with E-state index in [1.54, 1.807) is 6.07 Å². The van der Waals surface area contributed by atoms with E-state index >= 15 is 0 Å². The Morgan fingerprint density at radius 1 is 1.53 bits per heavy atom. The fourth-order valence-electron chi connectivity index (χ4n) is 2.61. The molecule has 17 heavy (non-hydrogen) atoms. The Labute approximate surface area is 107 Å². The number of nitrogens with zero attached hydrogens (tertiary/aromatic N) is 1. The fraction of sp³-hybridized carbons (Fsp3) is 0.692. The van der Waals surface area contributed by atoms with E-state index in [4.69, 9.17) is 16.0 Å². The Hall–Kier alpha value is -0.510. The summed E-state index contributed by atoms with van der Waals surface area (Å²) >= 11 is 5.76. The molecule has 1 N–H and O–H groups in total. The zero-order valence-corrected chi connectivity index (χ0v) is 11.2. The number of furan rings is 1. The largest absolute Gasteiger partial charge is 0.448 e. The van der Waals surface area contributed by atoms with Gasteiger partial charge in [0.25, 0.3) is 0 Å². The van der Waals surface area contributed by atoms with Gasteiger partial charge in [0.05, 0.1) is 12.6 Å². The minimum atomic E-state index is -0.185. The van der Waals surface area contributed by atoms with Crippen molar-refractivity contribution in [2.45, 2.75) is 39.3 Å². The van der Waals surface area contributed by atoms with Gasteiger partial charge in [-0.2, -0.15) is 0 Å². The third kappa shape index (κ3) is 3.73. The highest BCUT2D eigenvalue weighted by Gasteiger charge is 2.29. The number of rotatable bonds is 2. The SMILES string of the molecule is CC1(C)CC(O)CCN(Cc2ccc(Cl)o2)C1. The van der Waals surface area contributed by atoms with E-state index in [0.717, 1.165) is 38.2 Å². The van der Waals surface area contributed by atoms with Gasteiger partial charge in [-0.15, -0.1) is 0 Å². The Kier molecular flexibility index (Phi) is 3.81. The van der Waals surface area contributed by atoms with Crippen LogP contribution in [0.3, 0.4) is 0 Å². The number of aliphatic hydroxyl groups is 1. The van der Waals surface area contributed by atoms with Gasteiger partial charge in [0, 0.05) is 13.1 Å². The van der Waals surface area contributed by atoms with Crippen LogP contribution in [0.25, 0.3) is 0 Å². The lowest BCUT2D eigenvalue weighted by molar-refractivity contribution is 0.121. The van der Waals surface area contributed by atoms with Crippen molar-refractivity contribution < 1.29 is 9.52 Å². The van der Waals surface area contributed by atoms with Crippen LogP contribution in [0.15, 0.2) is 16.5 Å². The highest BCUT2D eigenvalue weighted by Crippen LogP contribution is 2.29. The van der Waals surface area contributed by atoms with Gasteiger partial charge in [0.15, 0.2) is 5.22 Å². The molecule has 1 saturated heterocycles. The van der Waals surface area contributed by atoms with E-state index < -0.39 is 0 Å². The molecule has 2 heterocycles. The molecule has 0 radical (unpaired) electrons. The Morgan fingerprint density at radius 3 is 2.94 bits per heavy atom. The van der Waals surface area contributed by atoms with Crippen LogP contribution in [-0.4, -0.2) is 29.2 Å². The molecule has 0 bridgehead atoms. The van der Waals surface area contributed by atoms with Crippen molar-refractivity contribution in [3.63, 3.8) is 0 Å². The molecule has 0 aliphatic carbocycles. The molecule has 0 amide bonds. The first kappa shape index (κ1) is 12.9. The topological polar surface area (TPSA) is 36.6 Å². The monoisotopic (exact) mass is 257 g/mol. The smallest absolute Gasteiger partial charge is 0.193 e. The summed E-state index contributed by atoms with van der Waals surface area (Å²) in [5, 5.41) is 10.3. The van der Waals surface area contributed by atoms with Crippen LogP contribution < -0.4 is 0 Å². The van der Waals surface area contributed by atoms with Crippen LogP contribution in [0.2, 0.25) is 5.22 Å². The summed E-state index contributed by atoms with van der Waals surface area (Å²) in [6.07, 6.45) is 1.51. The maximum absolute atomic E-state index is 9.84. The van der Waals surface area contributed by atoms with Crippen LogP contribution in [0.5, 0.6) is 0 Å². The van der Waals surface area contributed by atoms with Gasteiger partial charge in [-0.1, -0.05) is 13.8 Å². The van der Waals surface area contributed by atoms with Crippen LogP contribution in [0.4, 0.5) is 0 Å². The van der Waals surface area contributed by atoms with Crippen molar-refractivity contribution in [2.75, 3.05) is 13.1 Å². The van der Waals surface area contributed by atoms with Gasteiger partial charge < -0.3 is 9.52 Å². The predicted molar refractivity (Wildman–Crippen MR) is 68.0 cm³/mol. The standard InChI is InChI=1S/C13H20ClNO2/c1-13(2)7-10(16)5-6-15(9-13)8-11-3-4-12(14)17-11/h3-4,10,16H,5-9H2,1-2H3. The van der Waals surface area contributed by atoms with Crippen molar-refractivity contribution in [3.8, 4) is 0 Å². The Morgan fingerprint density at radius 2 is 2.29 bits per heavy atom. The second-order valence-corrected chi connectivity index (χ2v) is 6.10. The Balaban J connectivity index is 2.00. The third-order valence-electron chi connectivity index (χ3n) is 3.23. The average molecular weight is 258 g/mol. The second-order valence-electron chi connectivity index (χ2n) is 5.73. The normalized spacial score (nSPS) is 25.8. The minimum absolute atomic E-state index is 0.145. The second kappa shape index (κ2) is 5.01. The van der Waals surface area contributed by atoms with Gasteiger partial charge in [-0.05, 0) is 42.0 Å². The molecule has 1 unspecified atom stereocenters. The molecule has 4 heteroatoms. The summed E-state index contributed by atoms with van der Waals surface area (Å²) < 4.78 is 5.38. The van der Waals surface area contributed by atoms with E-state index in [1.807, 2.05) is 6.07 Å². The van der Waals surface area contributed by atoms with E-state index in [0.29, 0.717) is 5.22 Å². The molecule has 1 aromatic heterocycles. The summed E-state index contributed by atoms with van der Waals surface area (Å²) in [7, 11) is 0.